The molecule has 2 aromatic carbocycles. The Balaban J connectivity index is 1.64. The largest absolute Gasteiger partial charge is 0.454 e. The van der Waals surface area contributed by atoms with Crippen LogP contribution in [0.2, 0.25) is 0 Å². The summed E-state index contributed by atoms with van der Waals surface area (Å²) in [5.41, 5.74) is 1.69. The molecule has 3 rings (SSSR count). The summed E-state index contributed by atoms with van der Waals surface area (Å²) in [6.45, 7) is 0.848. The predicted molar refractivity (Wildman–Crippen MR) is 91.0 cm³/mol. The van der Waals surface area contributed by atoms with Crippen molar-refractivity contribution in [2.75, 3.05) is 0 Å². The van der Waals surface area contributed by atoms with Crippen molar-refractivity contribution in [3.05, 3.63) is 88.4 Å². The van der Waals surface area contributed by atoms with Gasteiger partial charge in [-0.2, -0.15) is 0 Å². The number of rotatable bonds is 5. The summed E-state index contributed by atoms with van der Waals surface area (Å²) in [6.07, 6.45) is 3.60. The van der Waals surface area contributed by atoms with Gasteiger partial charge in [0.1, 0.15) is 12.4 Å². The lowest BCUT2D eigenvalue weighted by Crippen LogP contribution is -2.10. The molecule has 0 spiro atoms. The zero-order valence-corrected chi connectivity index (χ0v) is 13.9. The Labute approximate surface area is 142 Å². The smallest absolute Gasteiger partial charge is 0.338 e. The van der Waals surface area contributed by atoms with E-state index in [0.717, 1.165) is 10.3 Å². The quantitative estimate of drug-likeness (QED) is 0.636. The molecule has 5 heteroatoms. The molecule has 0 aliphatic heterocycles. The highest BCUT2D eigenvalue weighted by Gasteiger charge is 2.10. The van der Waals surface area contributed by atoms with Gasteiger partial charge in [0.05, 0.1) is 5.56 Å². The molecule has 0 bridgehead atoms. The Morgan fingerprint density at radius 1 is 1.09 bits per heavy atom. The molecule has 1 heterocycles. The standard InChI is InChI=1S/C18H15BrN2O2/c19-16-8-6-15(7-9-16)18(22)23-13-17-20-10-11-21(17)12-14-4-2-1-3-5-14/h1-11H,12-13H2. The van der Waals surface area contributed by atoms with Gasteiger partial charge in [0.2, 0.25) is 0 Å². The molecule has 23 heavy (non-hydrogen) atoms. The van der Waals surface area contributed by atoms with Gasteiger partial charge in [0, 0.05) is 23.4 Å². The predicted octanol–water partition coefficient (Wildman–Crippen LogP) is 4.05. The van der Waals surface area contributed by atoms with Gasteiger partial charge in [-0.25, -0.2) is 9.78 Å². The molecule has 116 valence electrons. The van der Waals surface area contributed by atoms with Crippen LogP contribution in [0.5, 0.6) is 0 Å². The fourth-order valence-electron chi connectivity index (χ4n) is 2.20. The SMILES string of the molecule is O=C(OCc1nccn1Cc1ccccc1)c1ccc(Br)cc1. The lowest BCUT2D eigenvalue weighted by molar-refractivity contribution is 0.0458. The van der Waals surface area contributed by atoms with Crippen LogP contribution in [0.4, 0.5) is 0 Å². The van der Waals surface area contributed by atoms with Crippen molar-refractivity contribution >= 4 is 21.9 Å². The van der Waals surface area contributed by atoms with Crippen molar-refractivity contribution in [3.8, 4) is 0 Å². The third kappa shape index (κ3) is 4.07. The molecule has 0 atom stereocenters. The first-order chi connectivity index (χ1) is 11.2. The summed E-state index contributed by atoms with van der Waals surface area (Å²) < 4.78 is 8.25. The zero-order chi connectivity index (χ0) is 16.1. The summed E-state index contributed by atoms with van der Waals surface area (Å²) in [6, 6.07) is 17.2. The number of carbonyl (C=O) groups is 1. The van der Waals surface area contributed by atoms with E-state index in [1.165, 1.54) is 5.56 Å². The van der Waals surface area contributed by atoms with E-state index in [0.29, 0.717) is 12.1 Å². The lowest BCUT2D eigenvalue weighted by Gasteiger charge is -2.09. The molecule has 0 N–H and O–H groups in total. The third-order valence-corrected chi connectivity index (χ3v) is 3.94. The molecular formula is C18H15BrN2O2. The molecule has 4 nitrogen and oxygen atoms in total. The van der Waals surface area contributed by atoms with Gasteiger partial charge in [-0.05, 0) is 29.8 Å². The fourth-order valence-corrected chi connectivity index (χ4v) is 2.47. The monoisotopic (exact) mass is 370 g/mol. The number of imidazole rings is 1. The Bertz CT molecular complexity index is 782. The van der Waals surface area contributed by atoms with E-state index in [-0.39, 0.29) is 12.6 Å². The lowest BCUT2D eigenvalue weighted by atomic mass is 10.2. The number of hydrogen-bond acceptors (Lipinski definition) is 3. The van der Waals surface area contributed by atoms with E-state index in [9.17, 15) is 4.79 Å². The third-order valence-electron chi connectivity index (χ3n) is 3.41. The van der Waals surface area contributed by atoms with E-state index in [2.05, 4.69) is 33.0 Å². The average molecular weight is 371 g/mol. The number of aromatic nitrogens is 2. The highest BCUT2D eigenvalue weighted by atomic mass is 79.9. The minimum absolute atomic E-state index is 0.148. The maximum absolute atomic E-state index is 12.0. The van der Waals surface area contributed by atoms with Gasteiger partial charge < -0.3 is 9.30 Å². The molecule has 0 saturated heterocycles. The van der Waals surface area contributed by atoms with Crippen LogP contribution >= 0.6 is 15.9 Å². The van der Waals surface area contributed by atoms with Crippen LogP contribution in [-0.4, -0.2) is 15.5 Å². The number of carbonyl (C=O) groups excluding carboxylic acids is 1. The number of esters is 1. The average Bonchev–Trinajstić information content (AvgIpc) is 3.01. The summed E-state index contributed by atoms with van der Waals surface area (Å²) in [4.78, 5) is 16.3. The number of nitrogens with zero attached hydrogens (tertiary/aromatic N) is 2. The van der Waals surface area contributed by atoms with Gasteiger partial charge >= 0.3 is 5.97 Å². The first kappa shape index (κ1) is 15.5. The minimum atomic E-state index is -0.355. The Morgan fingerprint density at radius 3 is 2.57 bits per heavy atom. The molecule has 0 fully saturated rings. The van der Waals surface area contributed by atoms with Crippen molar-refractivity contribution in [3.63, 3.8) is 0 Å². The second kappa shape index (κ2) is 7.24. The van der Waals surface area contributed by atoms with E-state index in [4.69, 9.17) is 4.74 Å². The minimum Gasteiger partial charge on any atom is -0.454 e. The van der Waals surface area contributed by atoms with Crippen molar-refractivity contribution in [2.45, 2.75) is 13.2 Å². The van der Waals surface area contributed by atoms with Gasteiger partial charge in [-0.3, -0.25) is 0 Å². The second-order valence-electron chi connectivity index (χ2n) is 5.04. The van der Waals surface area contributed by atoms with E-state index >= 15 is 0 Å². The number of ether oxygens (including phenoxy) is 1. The Kier molecular flexibility index (Phi) is 4.88. The molecule has 3 aromatic rings. The van der Waals surface area contributed by atoms with E-state index in [1.54, 1.807) is 18.3 Å². The molecular weight excluding hydrogens is 356 g/mol. The maximum Gasteiger partial charge on any atom is 0.338 e. The maximum atomic E-state index is 12.0. The van der Waals surface area contributed by atoms with E-state index < -0.39 is 0 Å². The van der Waals surface area contributed by atoms with Crippen LogP contribution in [0.25, 0.3) is 0 Å². The highest BCUT2D eigenvalue weighted by molar-refractivity contribution is 9.10. The summed E-state index contributed by atoms with van der Waals surface area (Å²) >= 11 is 3.34. The van der Waals surface area contributed by atoms with Gasteiger partial charge in [-0.1, -0.05) is 46.3 Å². The summed E-state index contributed by atoms with van der Waals surface area (Å²) in [5, 5.41) is 0. The topological polar surface area (TPSA) is 44.1 Å². The Morgan fingerprint density at radius 2 is 1.83 bits per heavy atom. The normalized spacial score (nSPS) is 10.5. The number of hydrogen-bond donors (Lipinski definition) is 0. The van der Waals surface area contributed by atoms with Crippen LogP contribution in [0.3, 0.4) is 0 Å². The van der Waals surface area contributed by atoms with Gasteiger partial charge in [0.25, 0.3) is 0 Å². The summed E-state index contributed by atoms with van der Waals surface area (Å²) in [7, 11) is 0. The Hall–Kier alpha value is -2.40. The highest BCUT2D eigenvalue weighted by Crippen LogP contribution is 2.12. The van der Waals surface area contributed by atoms with Crippen molar-refractivity contribution < 1.29 is 9.53 Å². The first-order valence-corrected chi connectivity index (χ1v) is 7.98. The van der Waals surface area contributed by atoms with Crippen LogP contribution < -0.4 is 0 Å². The van der Waals surface area contributed by atoms with Gasteiger partial charge in [-0.15, -0.1) is 0 Å². The second-order valence-corrected chi connectivity index (χ2v) is 5.96. The van der Waals surface area contributed by atoms with Crippen molar-refractivity contribution in [1.29, 1.82) is 0 Å². The van der Waals surface area contributed by atoms with Gasteiger partial charge in [0.15, 0.2) is 0 Å². The van der Waals surface area contributed by atoms with Crippen LogP contribution in [0.15, 0.2) is 71.5 Å². The molecule has 1 aromatic heterocycles. The first-order valence-electron chi connectivity index (χ1n) is 7.19. The van der Waals surface area contributed by atoms with Crippen molar-refractivity contribution in [2.24, 2.45) is 0 Å². The number of halogens is 1. The van der Waals surface area contributed by atoms with Crippen LogP contribution in [-0.2, 0) is 17.9 Å². The molecule has 0 saturated carbocycles. The molecule has 0 radical (unpaired) electrons. The molecule has 0 unspecified atom stereocenters. The zero-order valence-electron chi connectivity index (χ0n) is 12.4. The summed E-state index contributed by atoms with van der Waals surface area (Å²) in [5.74, 6) is 0.367. The molecule has 0 aliphatic carbocycles. The molecule has 0 amide bonds. The van der Waals surface area contributed by atoms with E-state index in [1.807, 2.05) is 41.1 Å². The van der Waals surface area contributed by atoms with Crippen LogP contribution in [0, 0.1) is 0 Å². The fraction of sp³-hybridized carbons (Fsp3) is 0.111. The van der Waals surface area contributed by atoms with Crippen molar-refractivity contribution in [1.82, 2.24) is 9.55 Å². The number of benzene rings is 2. The molecule has 0 aliphatic rings. The van der Waals surface area contributed by atoms with Crippen LogP contribution in [0.1, 0.15) is 21.7 Å².